The summed E-state index contributed by atoms with van der Waals surface area (Å²) in [6, 6.07) is 10.8. The number of hydrogen-bond donors (Lipinski definition) is 1. The number of benzene rings is 1. The molecule has 0 aliphatic carbocycles. The lowest BCUT2D eigenvalue weighted by molar-refractivity contribution is 0.591. The van der Waals surface area contributed by atoms with Gasteiger partial charge in [-0.2, -0.15) is 0 Å². The van der Waals surface area contributed by atoms with Crippen molar-refractivity contribution in [3.05, 3.63) is 40.9 Å². The summed E-state index contributed by atoms with van der Waals surface area (Å²) in [5, 5.41) is 4.49. The number of hydrogen-bond acceptors (Lipinski definition) is 4. The normalized spacial score (nSPS) is 11.0. The SMILES string of the molecule is Cc1nc(N(C)c2ccccc2)sc1CNC(C)C. The van der Waals surface area contributed by atoms with Gasteiger partial charge in [0.25, 0.3) is 0 Å². The van der Waals surface area contributed by atoms with Crippen molar-refractivity contribution in [2.75, 3.05) is 11.9 Å². The van der Waals surface area contributed by atoms with Crippen LogP contribution in [0.1, 0.15) is 24.4 Å². The molecule has 2 rings (SSSR count). The van der Waals surface area contributed by atoms with E-state index in [9.17, 15) is 0 Å². The van der Waals surface area contributed by atoms with Gasteiger partial charge < -0.3 is 10.2 Å². The maximum atomic E-state index is 4.67. The van der Waals surface area contributed by atoms with Gasteiger partial charge in [-0.25, -0.2) is 4.98 Å². The molecule has 3 nitrogen and oxygen atoms in total. The Kier molecular flexibility index (Phi) is 4.56. The zero-order valence-electron chi connectivity index (χ0n) is 12.0. The Balaban J connectivity index is 2.15. The van der Waals surface area contributed by atoms with E-state index in [0.717, 1.165) is 17.4 Å². The van der Waals surface area contributed by atoms with Crippen molar-refractivity contribution in [3.63, 3.8) is 0 Å². The van der Waals surface area contributed by atoms with Gasteiger partial charge >= 0.3 is 0 Å². The molecular weight excluding hydrogens is 254 g/mol. The third kappa shape index (κ3) is 3.55. The van der Waals surface area contributed by atoms with E-state index >= 15 is 0 Å². The van der Waals surface area contributed by atoms with Gasteiger partial charge in [0.2, 0.25) is 0 Å². The molecule has 0 bridgehead atoms. The fourth-order valence-electron chi connectivity index (χ4n) is 1.78. The van der Waals surface area contributed by atoms with Crippen molar-refractivity contribution in [2.45, 2.75) is 33.4 Å². The molecule has 2 aromatic rings. The van der Waals surface area contributed by atoms with Crippen molar-refractivity contribution in [2.24, 2.45) is 0 Å². The molecular formula is C15H21N3S. The number of nitrogens with zero attached hydrogens (tertiary/aromatic N) is 2. The zero-order valence-corrected chi connectivity index (χ0v) is 12.8. The molecule has 0 atom stereocenters. The van der Waals surface area contributed by atoms with Gasteiger partial charge in [-0.05, 0) is 19.1 Å². The highest BCUT2D eigenvalue weighted by molar-refractivity contribution is 7.15. The van der Waals surface area contributed by atoms with Gasteiger partial charge in [-0.1, -0.05) is 43.4 Å². The van der Waals surface area contributed by atoms with Crippen LogP contribution in [0.25, 0.3) is 0 Å². The monoisotopic (exact) mass is 275 g/mol. The van der Waals surface area contributed by atoms with Gasteiger partial charge in [0.15, 0.2) is 5.13 Å². The van der Waals surface area contributed by atoms with Crippen LogP contribution in [0.15, 0.2) is 30.3 Å². The fraction of sp³-hybridized carbons (Fsp3) is 0.400. The molecule has 0 saturated carbocycles. The lowest BCUT2D eigenvalue weighted by Crippen LogP contribution is -2.21. The van der Waals surface area contributed by atoms with Crippen LogP contribution in [0.3, 0.4) is 0 Å². The summed E-state index contributed by atoms with van der Waals surface area (Å²) in [4.78, 5) is 8.12. The standard InChI is InChI=1S/C15H21N3S/c1-11(2)16-10-14-12(3)17-15(19-14)18(4)13-8-6-5-7-9-13/h5-9,11,16H,10H2,1-4H3. The predicted molar refractivity (Wildman–Crippen MR) is 83.3 cm³/mol. The third-order valence-electron chi connectivity index (χ3n) is 2.98. The topological polar surface area (TPSA) is 28.2 Å². The second-order valence-corrected chi connectivity index (χ2v) is 6.00. The summed E-state index contributed by atoms with van der Waals surface area (Å²) in [6.07, 6.45) is 0. The van der Waals surface area contributed by atoms with Crippen molar-refractivity contribution >= 4 is 22.2 Å². The van der Waals surface area contributed by atoms with Crippen molar-refractivity contribution < 1.29 is 0 Å². The highest BCUT2D eigenvalue weighted by atomic mass is 32.1. The van der Waals surface area contributed by atoms with Gasteiger partial charge in [0, 0.05) is 30.2 Å². The van der Waals surface area contributed by atoms with Crippen LogP contribution in [0.5, 0.6) is 0 Å². The van der Waals surface area contributed by atoms with E-state index in [1.54, 1.807) is 11.3 Å². The molecule has 0 aliphatic heterocycles. The quantitative estimate of drug-likeness (QED) is 0.901. The van der Waals surface area contributed by atoms with E-state index in [1.807, 2.05) is 18.2 Å². The third-order valence-corrected chi connectivity index (χ3v) is 4.22. The summed E-state index contributed by atoms with van der Waals surface area (Å²) in [5.41, 5.74) is 2.29. The van der Waals surface area contributed by atoms with E-state index in [1.165, 1.54) is 10.6 Å². The molecule has 4 heteroatoms. The lowest BCUT2D eigenvalue weighted by Gasteiger charge is -2.15. The first-order valence-corrected chi connectivity index (χ1v) is 7.38. The highest BCUT2D eigenvalue weighted by Gasteiger charge is 2.12. The number of rotatable bonds is 5. The smallest absolute Gasteiger partial charge is 0.190 e. The van der Waals surface area contributed by atoms with Crippen LogP contribution < -0.4 is 10.2 Å². The van der Waals surface area contributed by atoms with Crippen LogP contribution in [0.4, 0.5) is 10.8 Å². The summed E-state index contributed by atoms with van der Waals surface area (Å²) < 4.78 is 0. The summed E-state index contributed by atoms with van der Waals surface area (Å²) in [7, 11) is 2.06. The molecule has 102 valence electrons. The molecule has 0 amide bonds. The Bertz CT molecular complexity index is 519. The molecule has 0 fully saturated rings. The molecule has 0 radical (unpaired) electrons. The van der Waals surface area contributed by atoms with Crippen LogP contribution in [-0.2, 0) is 6.54 Å². The number of anilines is 2. The average Bonchev–Trinajstić information content (AvgIpc) is 2.78. The van der Waals surface area contributed by atoms with E-state index in [-0.39, 0.29) is 0 Å². The molecule has 1 N–H and O–H groups in total. The Labute approximate surface area is 119 Å². The summed E-state index contributed by atoms with van der Waals surface area (Å²) in [6.45, 7) is 7.29. The number of nitrogens with one attached hydrogen (secondary N) is 1. The molecule has 1 aromatic carbocycles. The van der Waals surface area contributed by atoms with Crippen molar-refractivity contribution in [1.29, 1.82) is 0 Å². The maximum Gasteiger partial charge on any atom is 0.190 e. The molecule has 1 heterocycles. The van der Waals surface area contributed by atoms with Gasteiger partial charge in [-0.15, -0.1) is 0 Å². The van der Waals surface area contributed by atoms with E-state index in [4.69, 9.17) is 0 Å². The molecule has 1 aromatic heterocycles. The van der Waals surface area contributed by atoms with Crippen LogP contribution >= 0.6 is 11.3 Å². The first-order valence-electron chi connectivity index (χ1n) is 6.56. The second-order valence-electron chi connectivity index (χ2n) is 4.94. The van der Waals surface area contributed by atoms with E-state index in [0.29, 0.717) is 6.04 Å². The van der Waals surface area contributed by atoms with Crippen molar-refractivity contribution in [3.8, 4) is 0 Å². The minimum Gasteiger partial charge on any atom is -0.321 e. The largest absolute Gasteiger partial charge is 0.321 e. The summed E-state index contributed by atoms with van der Waals surface area (Å²) in [5.74, 6) is 0. The van der Waals surface area contributed by atoms with E-state index < -0.39 is 0 Å². The molecule has 0 aliphatic rings. The average molecular weight is 275 g/mol. The number of thiazole rings is 1. The Morgan fingerprint density at radius 2 is 1.95 bits per heavy atom. The maximum absolute atomic E-state index is 4.67. The number of para-hydroxylation sites is 1. The highest BCUT2D eigenvalue weighted by Crippen LogP contribution is 2.30. The van der Waals surface area contributed by atoms with Gasteiger partial charge in [-0.3, -0.25) is 0 Å². The van der Waals surface area contributed by atoms with Crippen LogP contribution in [0.2, 0.25) is 0 Å². The van der Waals surface area contributed by atoms with Crippen LogP contribution in [0, 0.1) is 6.92 Å². The molecule has 0 spiro atoms. The zero-order chi connectivity index (χ0) is 13.8. The minimum absolute atomic E-state index is 0.497. The first kappa shape index (κ1) is 14.0. The Morgan fingerprint density at radius 3 is 2.58 bits per heavy atom. The van der Waals surface area contributed by atoms with Gasteiger partial charge in [0.05, 0.1) is 5.69 Å². The van der Waals surface area contributed by atoms with Gasteiger partial charge in [0.1, 0.15) is 0 Å². The Morgan fingerprint density at radius 1 is 1.26 bits per heavy atom. The summed E-state index contributed by atoms with van der Waals surface area (Å²) >= 11 is 1.76. The number of aromatic nitrogens is 1. The molecule has 19 heavy (non-hydrogen) atoms. The fourth-order valence-corrected chi connectivity index (χ4v) is 2.77. The Hall–Kier alpha value is -1.39. The number of aryl methyl sites for hydroxylation is 1. The minimum atomic E-state index is 0.497. The molecule has 0 unspecified atom stereocenters. The lowest BCUT2D eigenvalue weighted by atomic mass is 10.3. The van der Waals surface area contributed by atoms with Crippen LogP contribution in [-0.4, -0.2) is 18.1 Å². The van der Waals surface area contributed by atoms with E-state index in [2.05, 4.69) is 55.2 Å². The predicted octanol–water partition coefficient (Wildman–Crippen LogP) is 3.72. The first-order chi connectivity index (χ1) is 9.08. The van der Waals surface area contributed by atoms with Crippen molar-refractivity contribution in [1.82, 2.24) is 10.3 Å². The second kappa shape index (κ2) is 6.17. The molecule has 0 saturated heterocycles.